The number of benzene rings is 3. The first-order valence-corrected chi connectivity index (χ1v) is 10.6. The second-order valence-electron chi connectivity index (χ2n) is 6.76. The molecule has 0 saturated carbocycles. The zero-order chi connectivity index (χ0) is 21.3. The third kappa shape index (κ3) is 3.98. The highest BCUT2D eigenvalue weighted by molar-refractivity contribution is 7.92. The molecule has 2 radical (unpaired) electrons. The first kappa shape index (κ1) is 19.9. The van der Waals surface area contributed by atoms with Crippen LogP contribution in [0.15, 0.2) is 77.7 Å². The van der Waals surface area contributed by atoms with Crippen molar-refractivity contribution in [3.8, 4) is 0 Å². The second-order valence-corrected chi connectivity index (χ2v) is 8.45. The summed E-state index contributed by atoms with van der Waals surface area (Å²) >= 11 is 0. The monoisotopic (exact) mass is 415 g/mol. The van der Waals surface area contributed by atoms with Gasteiger partial charge in [0.05, 0.1) is 21.6 Å². The summed E-state index contributed by atoms with van der Waals surface area (Å²) in [4.78, 5) is 9.08. The molecule has 4 rings (SSSR count). The lowest BCUT2D eigenvalue weighted by atomic mass is 9.97. The first-order chi connectivity index (χ1) is 14.3. The molecule has 3 aromatic carbocycles. The number of sulfonamides is 1. The SMILES string of the molecule is [B]c1ccc(S(=O)(=O)Nc2nc3ccccc3nc2N(N)c2ccc(C)cc2)cc1. The Labute approximate surface area is 176 Å². The number of nitrogens with two attached hydrogens (primary N) is 1. The smallest absolute Gasteiger partial charge is 0.260 e. The van der Waals surface area contributed by atoms with Crippen molar-refractivity contribution in [2.75, 3.05) is 9.73 Å². The van der Waals surface area contributed by atoms with Crippen molar-refractivity contribution in [2.45, 2.75) is 11.8 Å². The molecule has 0 aliphatic heterocycles. The molecule has 0 bridgehead atoms. The van der Waals surface area contributed by atoms with Gasteiger partial charge >= 0.3 is 0 Å². The van der Waals surface area contributed by atoms with Crippen LogP contribution in [0.1, 0.15) is 5.56 Å². The summed E-state index contributed by atoms with van der Waals surface area (Å²) in [7, 11) is 1.73. The Kier molecular flexibility index (Phi) is 5.15. The number of rotatable bonds is 5. The van der Waals surface area contributed by atoms with Crippen molar-refractivity contribution in [3.63, 3.8) is 0 Å². The van der Waals surface area contributed by atoms with Crippen molar-refractivity contribution in [2.24, 2.45) is 5.84 Å². The molecule has 0 fully saturated rings. The van der Waals surface area contributed by atoms with Gasteiger partial charge in [0, 0.05) is 0 Å². The number of para-hydroxylation sites is 2. The molecule has 0 spiro atoms. The highest BCUT2D eigenvalue weighted by Crippen LogP contribution is 2.30. The van der Waals surface area contributed by atoms with Crippen LogP contribution in [0.4, 0.5) is 17.3 Å². The van der Waals surface area contributed by atoms with Crippen LogP contribution in [0.25, 0.3) is 11.0 Å². The Balaban J connectivity index is 1.82. The van der Waals surface area contributed by atoms with Gasteiger partial charge in [0.1, 0.15) is 7.85 Å². The van der Waals surface area contributed by atoms with Crippen LogP contribution in [0, 0.1) is 6.92 Å². The average Bonchev–Trinajstić information content (AvgIpc) is 2.73. The topological polar surface area (TPSA) is 101 Å². The van der Waals surface area contributed by atoms with Crippen LogP contribution in [0.2, 0.25) is 0 Å². The first-order valence-electron chi connectivity index (χ1n) is 9.10. The van der Waals surface area contributed by atoms with E-state index in [0.29, 0.717) is 22.2 Å². The molecule has 3 N–H and O–H groups in total. The van der Waals surface area contributed by atoms with Gasteiger partial charge in [-0.15, -0.1) is 0 Å². The average molecular weight is 415 g/mol. The summed E-state index contributed by atoms with van der Waals surface area (Å²) in [6.45, 7) is 1.96. The van der Waals surface area contributed by atoms with Crippen LogP contribution >= 0.6 is 0 Å². The Hall–Kier alpha value is -3.43. The van der Waals surface area contributed by atoms with Crippen molar-refractivity contribution >= 4 is 51.7 Å². The number of aryl methyl sites for hydroxylation is 1. The molecular formula is C21H18BN5O2S. The fourth-order valence-electron chi connectivity index (χ4n) is 2.89. The summed E-state index contributed by atoms with van der Waals surface area (Å²) in [6.07, 6.45) is 0. The maximum absolute atomic E-state index is 12.9. The number of nitrogens with zero attached hydrogens (tertiary/aromatic N) is 3. The number of nitrogens with one attached hydrogen (secondary N) is 1. The lowest BCUT2D eigenvalue weighted by molar-refractivity contribution is 0.601. The van der Waals surface area contributed by atoms with Crippen LogP contribution in [0.5, 0.6) is 0 Å². The molecule has 9 heteroatoms. The minimum atomic E-state index is -3.93. The van der Waals surface area contributed by atoms with Crippen molar-refractivity contribution in [3.05, 3.63) is 78.4 Å². The van der Waals surface area contributed by atoms with E-state index in [1.54, 1.807) is 18.2 Å². The predicted octanol–water partition coefficient (Wildman–Crippen LogP) is 2.54. The summed E-state index contributed by atoms with van der Waals surface area (Å²) in [5, 5.41) is 1.31. The molecule has 0 atom stereocenters. The third-order valence-electron chi connectivity index (χ3n) is 4.51. The Morgan fingerprint density at radius 2 is 1.50 bits per heavy atom. The quantitative estimate of drug-likeness (QED) is 0.295. The van der Waals surface area contributed by atoms with Crippen molar-refractivity contribution < 1.29 is 8.42 Å². The molecular weight excluding hydrogens is 397 g/mol. The summed E-state index contributed by atoms with van der Waals surface area (Å²) < 4.78 is 28.4. The van der Waals surface area contributed by atoms with E-state index in [1.807, 2.05) is 37.3 Å². The molecule has 0 unspecified atom stereocenters. The van der Waals surface area contributed by atoms with Gasteiger partial charge in [-0.05, 0) is 43.3 Å². The molecule has 1 heterocycles. The standard InChI is InChI=1S/C21H18BN5O2S/c1-14-6-10-16(11-7-14)27(23)21-20(24-18-4-2-3-5-19(18)25-21)26-30(28,29)17-12-8-15(22)9-13-17/h2-13H,23H2,1H3,(H,24,26). The molecule has 148 valence electrons. The van der Waals surface area contributed by atoms with E-state index in [1.165, 1.54) is 29.3 Å². The number of hydrogen-bond acceptors (Lipinski definition) is 6. The van der Waals surface area contributed by atoms with E-state index < -0.39 is 10.0 Å². The van der Waals surface area contributed by atoms with Gasteiger partial charge < -0.3 is 0 Å². The number of hydrazine groups is 1. The number of aromatic nitrogens is 2. The van der Waals surface area contributed by atoms with E-state index in [4.69, 9.17) is 13.7 Å². The molecule has 0 aliphatic rings. The largest absolute Gasteiger partial charge is 0.263 e. The maximum atomic E-state index is 12.9. The van der Waals surface area contributed by atoms with Gasteiger partial charge in [0.25, 0.3) is 10.0 Å². The van der Waals surface area contributed by atoms with E-state index in [-0.39, 0.29) is 16.5 Å². The minimum Gasteiger partial charge on any atom is -0.260 e. The van der Waals surface area contributed by atoms with E-state index in [2.05, 4.69) is 14.7 Å². The predicted molar refractivity (Wildman–Crippen MR) is 120 cm³/mol. The highest BCUT2D eigenvalue weighted by atomic mass is 32.2. The number of fused-ring (bicyclic) bond motifs is 1. The molecule has 7 nitrogen and oxygen atoms in total. The van der Waals surface area contributed by atoms with Crippen LogP contribution < -0.4 is 21.0 Å². The van der Waals surface area contributed by atoms with Gasteiger partial charge in [0.15, 0.2) is 11.6 Å². The van der Waals surface area contributed by atoms with E-state index in [9.17, 15) is 8.42 Å². The third-order valence-corrected chi connectivity index (χ3v) is 5.87. The van der Waals surface area contributed by atoms with E-state index >= 15 is 0 Å². The molecule has 30 heavy (non-hydrogen) atoms. The Morgan fingerprint density at radius 1 is 0.900 bits per heavy atom. The molecule has 4 aromatic rings. The number of hydrogen-bond donors (Lipinski definition) is 2. The molecule has 1 aromatic heterocycles. The zero-order valence-corrected chi connectivity index (χ0v) is 17.0. The lowest BCUT2D eigenvalue weighted by Gasteiger charge is -2.21. The fourth-order valence-corrected chi connectivity index (χ4v) is 3.89. The molecule has 0 amide bonds. The van der Waals surface area contributed by atoms with Crippen molar-refractivity contribution in [1.29, 1.82) is 0 Å². The highest BCUT2D eigenvalue weighted by Gasteiger charge is 2.21. The minimum absolute atomic E-state index is 0.0219. The van der Waals surface area contributed by atoms with Crippen molar-refractivity contribution in [1.82, 2.24) is 9.97 Å². The van der Waals surface area contributed by atoms with Gasteiger partial charge in [0.2, 0.25) is 0 Å². The van der Waals surface area contributed by atoms with Gasteiger partial charge in [-0.1, -0.05) is 47.4 Å². The summed E-state index contributed by atoms with van der Waals surface area (Å²) in [5.41, 5.74) is 3.30. The van der Waals surface area contributed by atoms with Gasteiger partial charge in [-0.2, -0.15) is 0 Å². The zero-order valence-electron chi connectivity index (χ0n) is 16.1. The van der Waals surface area contributed by atoms with Crippen LogP contribution in [0.3, 0.4) is 0 Å². The summed E-state index contributed by atoms with van der Waals surface area (Å²) in [6, 6.07) is 20.5. The van der Waals surface area contributed by atoms with Gasteiger partial charge in [-0.3, -0.25) is 9.73 Å². The van der Waals surface area contributed by atoms with Crippen LogP contribution in [-0.2, 0) is 10.0 Å². The Bertz CT molecular complexity index is 1310. The van der Waals surface area contributed by atoms with E-state index in [0.717, 1.165) is 5.56 Å². The Morgan fingerprint density at radius 3 is 2.13 bits per heavy atom. The maximum Gasteiger partial charge on any atom is 0.263 e. The second kappa shape index (κ2) is 7.77. The normalized spacial score (nSPS) is 11.4. The fraction of sp³-hybridized carbons (Fsp3) is 0.0476. The lowest BCUT2D eigenvalue weighted by Crippen LogP contribution is -2.28. The summed E-state index contributed by atoms with van der Waals surface area (Å²) in [5.74, 6) is 6.51. The number of anilines is 3. The molecule has 0 aliphatic carbocycles. The molecule has 0 saturated heterocycles. The van der Waals surface area contributed by atoms with Gasteiger partial charge in [-0.25, -0.2) is 24.2 Å². The van der Waals surface area contributed by atoms with Crippen LogP contribution in [-0.4, -0.2) is 26.2 Å².